The van der Waals surface area contributed by atoms with Crippen molar-refractivity contribution in [3.63, 3.8) is 0 Å². The first-order valence-electron chi connectivity index (χ1n) is 10.3. The van der Waals surface area contributed by atoms with E-state index in [4.69, 9.17) is 0 Å². The molecule has 1 amide bonds. The van der Waals surface area contributed by atoms with Crippen LogP contribution in [0, 0.1) is 0 Å². The second-order valence-corrected chi connectivity index (χ2v) is 9.61. The highest BCUT2D eigenvalue weighted by atomic mass is 32.2. The summed E-state index contributed by atoms with van der Waals surface area (Å²) >= 11 is 0. The maximum atomic E-state index is 12.2. The fraction of sp³-hybridized carbons (Fsp3) is 0.364. The van der Waals surface area contributed by atoms with Crippen molar-refractivity contribution in [2.24, 2.45) is 0 Å². The minimum atomic E-state index is -3.18. The van der Waals surface area contributed by atoms with Gasteiger partial charge < -0.3 is 10.2 Å². The van der Waals surface area contributed by atoms with Gasteiger partial charge in [-0.05, 0) is 60.7 Å². The number of carbonyl (C=O) groups excluding carboxylic acids is 1. The van der Waals surface area contributed by atoms with Crippen molar-refractivity contribution in [2.75, 3.05) is 34.6 Å². The van der Waals surface area contributed by atoms with Gasteiger partial charge in [0.25, 0.3) is 0 Å². The molecule has 0 bridgehead atoms. The number of anilines is 2. The molecule has 1 N–H and O–H groups in total. The van der Waals surface area contributed by atoms with Crippen LogP contribution in [0.4, 0.5) is 11.5 Å². The Labute approximate surface area is 177 Å². The maximum absolute atomic E-state index is 12.2. The number of rotatable bonds is 6. The monoisotopic (exact) mass is 426 g/mol. The van der Waals surface area contributed by atoms with E-state index in [1.165, 1.54) is 23.2 Å². The number of sulfonamides is 1. The van der Waals surface area contributed by atoms with E-state index in [2.05, 4.69) is 15.2 Å². The molecular weight excluding hydrogens is 400 g/mol. The molecule has 2 fully saturated rings. The number of hydrogen-bond acceptors (Lipinski definition) is 5. The van der Waals surface area contributed by atoms with E-state index in [1.54, 1.807) is 24.4 Å². The molecule has 0 unspecified atom stereocenters. The van der Waals surface area contributed by atoms with Gasteiger partial charge in [-0.1, -0.05) is 12.1 Å². The van der Waals surface area contributed by atoms with E-state index in [1.807, 2.05) is 24.3 Å². The van der Waals surface area contributed by atoms with Crippen molar-refractivity contribution in [1.82, 2.24) is 10.3 Å². The number of pyridine rings is 1. The highest BCUT2D eigenvalue weighted by Crippen LogP contribution is 2.24. The topological polar surface area (TPSA) is 82.6 Å². The molecule has 0 spiro atoms. The van der Waals surface area contributed by atoms with Crippen molar-refractivity contribution < 1.29 is 13.2 Å². The first-order valence-corrected chi connectivity index (χ1v) is 11.9. The van der Waals surface area contributed by atoms with Crippen LogP contribution in [0.5, 0.6) is 0 Å². The average molecular weight is 427 g/mol. The predicted octanol–water partition coefficient (Wildman–Crippen LogP) is 2.55. The molecule has 2 aromatic rings. The molecule has 2 aliphatic heterocycles. The number of carbonyl (C=O) groups is 1. The lowest BCUT2D eigenvalue weighted by Gasteiger charge is -2.17. The van der Waals surface area contributed by atoms with Gasteiger partial charge in [-0.15, -0.1) is 0 Å². The van der Waals surface area contributed by atoms with Crippen LogP contribution >= 0.6 is 0 Å². The standard InChI is InChI=1S/C22H26N4O3S/c27-22(24-17-19-10-11-23-21(16-19)25-12-1-2-13-25)9-6-18-4-7-20(8-5-18)26-14-3-15-30(26,28)29/h4-11,16H,1-3,12-15,17H2,(H,24,27)/b9-6+. The Hall–Kier alpha value is -2.87. The molecule has 4 rings (SSSR count). The number of benzene rings is 1. The van der Waals surface area contributed by atoms with Crippen LogP contribution in [-0.4, -0.2) is 44.7 Å². The first kappa shape index (κ1) is 20.4. The summed E-state index contributed by atoms with van der Waals surface area (Å²) < 4.78 is 25.4. The molecule has 1 aromatic carbocycles. The minimum absolute atomic E-state index is 0.180. The van der Waals surface area contributed by atoms with Crippen LogP contribution in [0.3, 0.4) is 0 Å². The van der Waals surface area contributed by atoms with E-state index < -0.39 is 10.0 Å². The summed E-state index contributed by atoms with van der Waals surface area (Å²) in [5.74, 6) is 0.988. The highest BCUT2D eigenvalue weighted by Gasteiger charge is 2.28. The number of amides is 1. The number of hydrogen-bond donors (Lipinski definition) is 1. The van der Waals surface area contributed by atoms with Crippen LogP contribution < -0.4 is 14.5 Å². The molecule has 8 heteroatoms. The third-order valence-corrected chi connectivity index (χ3v) is 7.28. The van der Waals surface area contributed by atoms with Gasteiger partial charge in [0, 0.05) is 38.5 Å². The van der Waals surface area contributed by atoms with Crippen LogP contribution in [0.15, 0.2) is 48.7 Å². The molecule has 3 heterocycles. The summed E-state index contributed by atoms with van der Waals surface area (Å²) in [4.78, 5) is 18.9. The van der Waals surface area contributed by atoms with Gasteiger partial charge in [-0.3, -0.25) is 9.10 Å². The van der Waals surface area contributed by atoms with Gasteiger partial charge in [0.2, 0.25) is 15.9 Å². The Balaban J connectivity index is 1.31. The van der Waals surface area contributed by atoms with E-state index >= 15 is 0 Å². The minimum Gasteiger partial charge on any atom is -0.357 e. The number of nitrogens with one attached hydrogen (secondary N) is 1. The zero-order valence-electron chi connectivity index (χ0n) is 16.8. The Morgan fingerprint density at radius 3 is 2.53 bits per heavy atom. The van der Waals surface area contributed by atoms with E-state index in [0.717, 1.165) is 30.0 Å². The summed E-state index contributed by atoms with van der Waals surface area (Å²) in [6.07, 6.45) is 8.04. The Kier molecular flexibility index (Phi) is 6.03. The van der Waals surface area contributed by atoms with Crippen molar-refractivity contribution in [2.45, 2.75) is 25.8 Å². The van der Waals surface area contributed by atoms with Crippen LogP contribution in [0.25, 0.3) is 6.08 Å². The highest BCUT2D eigenvalue weighted by molar-refractivity contribution is 7.93. The molecule has 7 nitrogen and oxygen atoms in total. The molecular formula is C22H26N4O3S. The first-order chi connectivity index (χ1) is 14.5. The zero-order valence-corrected chi connectivity index (χ0v) is 17.6. The summed E-state index contributed by atoms with van der Waals surface area (Å²) in [5.41, 5.74) is 2.52. The maximum Gasteiger partial charge on any atom is 0.244 e. The van der Waals surface area contributed by atoms with E-state index in [9.17, 15) is 13.2 Å². The lowest BCUT2D eigenvalue weighted by Crippen LogP contribution is -2.24. The van der Waals surface area contributed by atoms with E-state index in [0.29, 0.717) is 25.2 Å². The predicted molar refractivity (Wildman–Crippen MR) is 119 cm³/mol. The largest absolute Gasteiger partial charge is 0.357 e. The quantitative estimate of drug-likeness (QED) is 0.718. The second-order valence-electron chi connectivity index (χ2n) is 7.60. The molecule has 0 radical (unpaired) electrons. The van der Waals surface area contributed by atoms with Gasteiger partial charge in [0.05, 0.1) is 11.4 Å². The summed E-state index contributed by atoms with van der Waals surface area (Å²) in [5, 5.41) is 2.89. The Bertz CT molecular complexity index is 1030. The second kappa shape index (κ2) is 8.87. The molecule has 2 saturated heterocycles. The lowest BCUT2D eigenvalue weighted by atomic mass is 10.2. The van der Waals surface area contributed by atoms with Gasteiger partial charge in [0.15, 0.2) is 0 Å². The van der Waals surface area contributed by atoms with Crippen molar-refractivity contribution in [3.05, 3.63) is 59.8 Å². The summed E-state index contributed by atoms with van der Waals surface area (Å²) in [6.45, 7) is 3.04. The van der Waals surface area contributed by atoms with Crippen LogP contribution in [-0.2, 0) is 21.4 Å². The third-order valence-electron chi connectivity index (χ3n) is 5.41. The number of nitrogens with zero attached hydrogens (tertiary/aromatic N) is 3. The lowest BCUT2D eigenvalue weighted by molar-refractivity contribution is -0.116. The third kappa shape index (κ3) is 4.81. The fourth-order valence-electron chi connectivity index (χ4n) is 3.79. The molecule has 2 aliphatic rings. The van der Waals surface area contributed by atoms with Crippen LogP contribution in [0.2, 0.25) is 0 Å². The SMILES string of the molecule is O=C(/C=C/c1ccc(N2CCCS2(=O)=O)cc1)NCc1ccnc(N2CCCC2)c1. The average Bonchev–Trinajstić information content (AvgIpc) is 3.41. The van der Waals surface area contributed by atoms with Crippen LogP contribution in [0.1, 0.15) is 30.4 Å². The molecule has 0 saturated carbocycles. The van der Waals surface area contributed by atoms with Crippen molar-refractivity contribution >= 4 is 33.5 Å². The van der Waals surface area contributed by atoms with E-state index in [-0.39, 0.29) is 11.7 Å². The van der Waals surface area contributed by atoms with Crippen molar-refractivity contribution in [3.8, 4) is 0 Å². The fourth-order valence-corrected chi connectivity index (χ4v) is 5.36. The Morgan fingerprint density at radius 2 is 1.83 bits per heavy atom. The number of aromatic nitrogens is 1. The van der Waals surface area contributed by atoms with Gasteiger partial charge in [-0.25, -0.2) is 13.4 Å². The van der Waals surface area contributed by atoms with Gasteiger partial charge in [0.1, 0.15) is 5.82 Å². The molecule has 0 atom stereocenters. The van der Waals surface area contributed by atoms with Crippen molar-refractivity contribution in [1.29, 1.82) is 0 Å². The smallest absolute Gasteiger partial charge is 0.244 e. The normalized spacial score (nSPS) is 18.3. The molecule has 158 valence electrons. The molecule has 1 aromatic heterocycles. The molecule has 0 aliphatic carbocycles. The van der Waals surface area contributed by atoms with Gasteiger partial charge >= 0.3 is 0 Å². The Morgan fingerprint density at radius 1 is 1.07 bits per heavy atom. The summed E-state index contributed by atoms with van der Waals surface area (Å²) in [7, 11) is -3.18. The molecule has 30 heavy (non-hydrogen) atoms. The van der Waals surface area contributed by atoms with Gasteiger partial charge in [-0.2, -0.15) is 0 Å². The zero-order chi connectivity index (χ0) is 21.0. The summed E-state index contributed by atoms with van der Waals surface area (Å²) in [6, 6.07) is 11.1.